The summed E-state index contributed by atoms with van der Waals surface area (Å²) in [6.45, 7) is 6.05. The number of para-hydroxylation sites is 1. The number of hydrogen-bond donors (Lipinski definition) is 1. The van der Waals surface area contributed by atoms with Gasteiger partial charge in [0.05, 0.1) is 17.7 Å². The highest BCUT2D eigenvalue weighted by molar-refractivity contribution is 5.97. The first kappa shape index (κ1) is 15.5. The first-order chi connectivity index (χ1) is 11.0. The number of carbonyl (C=O) groups excluding carboxylic acids is 1. The van der Waals surface area contributed by atoms with Gasteiger partial charge < -0.3 is 14.6 Å². The average molecular weight is 315 g/mol. The van der Waals surface area contributed by atoms with E-state index in [0.717, 1.165) is 0 Å². The third kappa shape index (κ3) is 3.70. The number of rotatable bonds is 6. The van der Waals surface area contributed by atoms with Crippen LogP contribution in [-0.2, 0) is 5.54 Å². The summed E-state index contributed by atoms with van der Waals surface area (Å²) in [5, 5.41) is 6.83. The van der Waals surface area contributed by atoms with Crippen LogP contribution in [0.4, 0.5) is 0 Å². The molecule has 3 rings (SSSR count). The summed E-state index contributed by atoms with van der Waals surface area (Å²) in [4.78, 5) is 16.8. The summed E-state index contributed by atoms with van der Waals surface area (Å²) in [5.74, 6) is 1.93. The zero-order valence-corrected chi connectivity index (χ0v) is 13.6. The Hall–Kier alpha value is -2.37. The van der Waals surface area contributed by atoms with Gasteiger partial charge in [0.1, 0.15) is 5.75 Å². The molecule has 0 spiro atoms. The molecule has 2 aromatic rings. The summed E-state index contributed by atoms with van der Waals surface area (Å²) < 4.78 is 10.8. The van der Waals surface area contributed by atoms with Crippen molar-refractivity contribution in [2.75, 3.05) is 6.61 Å². The number of aryl methyl sites for hydroxylation is 1. The predicted molar refractivity (Wildman–Crippen MR) is 84.2 cm³/mol. The van der Waals surface area contributed by atoms with E-state index in [1.54, 1.807) is 13.0 Å². The highest BCUT2D eigenvalue weighted by Crippen LogP contribution is 2.30. The molecule has 1 heterocycles. The predicted octanol–water partition coefficient (Wildman–Crippen LogP) is 2.83. The van der Waals surface area contributed by atoms with E-state index in [4.69, 9.17) is 9.26 Å². The molecule has 0 unspecified atom stereocenters. The highest BCUT2D eigenvalue weighted by Gasteiger charge is 2.30. The topological polar surface area (TPSA) is 77.2 Å². The van der Waals surface area contributed by atoms with Crippen LogP contribution in [0.2, 0.25) is 0 Å². The highest BCUT2D eigenvalue weighted by atomic mass is 16.5. The van der Waals surface area contributed by atoms with E-state index in [1.165, 1.54) is 12.8 Å². The van der Waals surface area contributed by atoms with Crippen LogP contribution in [0.3, 0.4) is 0 Å². The van der Waals surface area contributed by atoms with Gasteiger partial charge in [0, 0.05) is 6.92 Å². The van der Waals surface area contributed by atoms with Crippen molar-refractivity contribution in [2.45, 2.75) is 39.2 Å². The minimum atomic E-state index is -0.738. The lowest BCUT2D eigenvalue weighted by atomic mass is 10.0. The molecule has 1 aromatic heterocycles. The molecule has 1 amide bonds. The lowest BCUT2D eigenvalue weighted by molar-refractivity contribution is 0.0903. The fourth-order valence-corrected chi connectivity index (χ4v) is 2.23. The second-order valence-corrected chi connectivity index (χ2v) is 6.47. The average Bonchev–Trinajstić information content (AvgIpc) is 3.24. The smallest absolute Gasteiger partial charge is 0.255 e. The first-order valence-corrected chi connectivity index (χ1v) is 7.81. The Kier molecular flexibility index (Phi) is 4.07. The van der Waals surface area contributed by atoms with E-state index in [-0.39, 0.29) is 5.91 Å². The van der Waals surface area contributed by atoms with Crippen molar-refractivity contribution >= 4 is 5.91 Å². The number of nitrogens with zero attached hydrogens (tertiary/aromatic N) is 2. The standard InChI is InChI=1S/C17H21N3O3/c1-11-18-16(20-23-11)17(2,3)19-15(21)13-6-4-5-7-14(13)22-10-12-8-9-12/h4-7,12H,8-10H2,1-3H3,(H,19,21). The molecule has 0 radical (unpaired) electrons. The number of amides is 1. The third-order valence-electron chi connectivity index (χ3n) is 3.82. The van der Waals surface area contributed by atoms with E-state index in [0.29, 0.717) is 35.6 Å². The molecule has 1 saturated carbocycles. The van der Waals surface area contributed by atoms with Crippen LogP contribution in [0.5, 0.6) is 5.75 Å². The number of hydrogen-bond acceptors (Lipinski definition) is 5. The Morgan fingerprint density at radius 1 is 1.39 bits per heavy atom. The van der Waals surface area contributed by atoms with Gasteiger partial charge in [0.2, 0.25) is 5.89 Å². The zero-order valence-electron chi connectivity index (χ0n) is 13.6. The van der Waals surface area contributed by atoms with Gasteiger partial charge >= 0.3 is 0 Å². The van der Waals surface area contributed by atoms with Crippen molar-refractivity contribution in [3.05, 3.63) is 41.5 Å². The molecule has 0 atom stereocenters. The molecule has 1 aliphatic rings. The van der Waals surface area contributed by atoms with Gasteiger partial charge in [-0.2, -0.15) is 4.98 Å². The molecular weight excluding hydrogens is 294 g/mol. The lowest BCUT2D eigenvalue weighted by Crippen LogP contribution is -2.42. The molecule has 1 aliphatic carbocycles. The molecule has 0 bridgehead atoms. The van der Waals surface area contributed by atoms with Crippen molar-refractivity contribution in [3.63, 3.8) is 0 Å². The lowest BCUT2D eigenvalue weighted by Gasteiger charge is -2.23. The van der Waals surface area contributed by atoms with E-state index < -0.39 is 5.54 Å². The fourth-order valence-electron chi connectivity index (χ4n) is 2.23. The van der Waals surface area contributed by atoms with Crippen LogP contribution >= 0.6 is 0 Å². The van der Waals surface area contributed by atoms with E-state index in [9.17, 15) is 4.79 Å². The molecule has 6 heteroatoms. The van der Waals surface area contributed by atoms with E-state index >= 15 is 0 Å². The fraction of sp³-hybridized carbons (Fsp3) is 0.471. The van der Waals surface area contributed by atoms with E-state index in [1.807, 2.05) is 32.0 Å². The quantitative estimate of drug-likeness (QED) is 0.887. The number of aromatic nitrogens is 2. The summed E-state index contributed by atoms with van der Waals surface area (Å²) in [6, 6.07) is 7.27. The van der Waals surface area contributed by atoms with Gasteiger partial charge in [-0.15, -0.1) is 0 Å². The molecule has 1 fully saturated rings. The summed E-state index contributed by atoms with van der Waals surface area (Å²) in [6.07, 6.45) is 2.41. The largest absolute Gasteiger partial charge is 0.492 e. The van der Waals surface area contributed by atoms with Crippen LogP contribution in [0.25, 0.3) is 0 Å². The Bertz CT molecular complexity index is 705. The summed E-state index contributed by atoms with van der Waals surface area (Å²) in [7, 11) is 0. The Labute approximate surface area is 135 Å². The maximum absolute atomic E-state index is 12.6. The SMILES string of the molecule is Cc1nc(C(C)(C)NC(=O)c2ccccc2OCC2CC2)no1. The van der Waals surface area contributed by atoms with Crippen molar-refractivity contribution in [1.82, 2.24) is 15.5 Å². The van der Waals surface area contributed by atoms with Crippen molar-refractivity contribution in [2.24, 2.45) is 5.92 Å². The van der Waals surface area contributed by atoms with Crippen LogP contribution in [0, 0.1) is 12.8 Å². The monoisotopic (exact) mass is 315 g/mol. The van der Waals surface area contributed by atoms with Crippen molar-refractivity contribution in [3.8, 4) is 5.75 Å². The molecule has 1 N–H and O–H groups in total. The molecule has 23 heavy (non-hydrogen) atoms. The number of benzene rings is 1. The maximum Gasteiger partial charge on any atom is 0.255 e. The molecule has 122 valence electrons. The Balaban J connectivity index is 1.74. The molecule has 6 nitrogen and oxygen atoms in total. The molecule has 0 saturated heterocycles. The van der Waals surface area contributed by atoms with Crippen LogP contribution in [0.15, 0.2) is 28.8 Å². The van der Waals surface area contributed by atoms with Crippen LogP contribution in [0.1, 0.15) is 48.8 Å². The van der Waals surface area contributed by atoms with Crippen LogP contribution in [-0.4, -0.2) is 22.7 Å². The van der Waals surface area contributed by atoms with Gasteiger partial charge in [0.15, 0.2) is 5.82 Å². The number of nitrogens with one attached hydrogen (secondary N) is 1. The normalized spacial score (nSPS) is 14.6. The summed E-state index contributed by atoms with van der Waals surface area (Å²) in [5.41, 5.74) is -0.222. The van der Waals surface area contributed by atoms with Crippen molar-refractivity contribution < 1.29 is 14.1 Å². The minimum absolute atomic E-state index is 0.219. The molecular formula is C17H21N3O3. The summed E-state index contributed by atoms with van der Waals surface area (Å²) >= 11 is 0. The van der Waals surface area contributed by atoms with Gasteiger partial charge in [0.25, 0.3) is 5.91 Å². The maximum atomic E-state index is 12.6. The van der Waals surface area contributed by atoms with Crippen molar-refractivity contribution in [1.29, 1.82) is 0 Å². The Morgan fingerprint density at radius 3 is 2.78 bits per heavy atom. The third-order valence-corrected chi connectivity index (χ3v) is 3.82. The molecule has 0 aliphatic heterocycles. The Morgan fingerprint density at radius 2 is 2.13 bits per heavy atom. The first-order valence-electron chi connectivity index (χ1n) is 7.81. The van der Waals surface area contributed by atoms with Crippen LogP contribution < -0.4 is 10.1 Å². The van der Waals surface area contributed by atoms with Gasteiger partial charge in [-0.25, -0.2) is 0 Å². The second-order valence-electron chi connectivity index (χ2n) is 6.47. The van der Waals surface area contributed by atoms with Gasteiger partial charge in [-0.05, 0) is 44.7 Å². The van der Waals surface area contributed by atoms with E-state index in [2.05, 4.69) is 15.5 Å². The number of carbonyl (C=O) groups is 1. The zero-order chi connectivity index (χ0) is 16.4. The number of ether oxygens (including phenoxy) is 1. The molecule has 1 aromatic carbocycles. The van der Waals surface area contributed by atoms with Gasteiger partial charge in [-0.3, -0.25) is 4.79 Å². The minimum Gasteiger partial charge on any atom is -0.492 e. The van der Waals surface area contributed by atoms with Gasteiger partial charge in [-0.1, -0.05) is 17.3 Å². The second kappa shape index (κ2) is 6.02.